The van der Waals surface area contributed by atoms with E-state index in [-0.39, 0.29) is 23.6 Å². The second-order valence-electron chi connectivity index (χ2n) is 4.02. The molecule has 0 fully saturated rings. The van der Waals surface area contributed by atoms with Crippen molar-refractivity contribution in [3.63, 3.8) is 0 Å². The van der Waals surface area contributed by atoms with Crippen LogP contribution in [0, 0.1) is 0 Å². The minimum Gasteiger partial charge on any atom is -0.466 e. The Bertz CT molecular complexity index is 712. The van der Waals surface area contributed by atoms with Gasteiger partial charge in [-0.2, -0.15) is 0 Å². The molecule has 0 unspecified atom stereocenters. The number of anilines is 1. The minimum atomic E-state index is -4.06. The van der Waals surface area contributed by atoms with Crippen molar-refractivity contribution in [2.24, 2.45) is 5.14 Å². The lowest BCUT2D eigenvalue weighted by Gasteiger charge is -2.11. The summed E-state index contributed by atoms with van der Waals surface area (Å²) in [6.45, 7) is 1.76. The van der Waals surface area contributed by atoms with Crippen LogP contribution in [0.15, 0.2) is 29.2 Å². The number of para-hydroxylation sites is 1. The largest absolute Gasteiger partial charge is 0.466 e. The highest BCUT2D eigenvalue weighted by Gasteiger charge is 2.19. The van der Waals surface area contributed by atoms with E-state index in [4.69, 9.17) is 5.14 Å². The summed E-state index contributed by atoms with van der Waals surface area (Å²) in [5, 5.41) is 5.00. The maximum absolute atomic E-state index is 11.8. The van der Waals surface area contributed by atoms with Gasteiger partial charge in [0.25, 0.3) is 0 Å². The third-order valence-corrected chi connectivity index (χ3v) is 4.58. The number of sulfonamides is 2. The highest BCUT2D eigenvalue weighted by molar-refractivity contribution is 7.93. The van der Waals surface area contributed by atoms with Crippen LogP contribution in [0.4, 0.5) is 5.69 Å². The van der Waals surface area contributed by atoms with Gasteiger partial charge in [-0.1, -0.05) is 12.1 Å². The summed E-state index contributed by atoms with van der Waals surface area (Å²) >= 11 is 0. The molecule has 0 spiro atoms. The van der Waals surface area contributed by atoms with E-state index in [0.29, 0.717) is 0 Å². The van der Waals surface area contributed by atoms with Gasteiger partial charge >= 0.3 is 5.97 Å². The number of nitrogens with one attached hydrogen (secondary N) is 1. The quantitative estimate of drug-likeness (QED) is 0.675. The Labute approximate surface area is 123 Å². The smallest absolute Gasteiger partial charge is 0.306 e. The van der Waals surface area contributed by atoms with E-state index < -0.39 is 31.8 Å². The Morgan fingerprint density at radius 2 is 1.86 bits per heavy atom. The molecule has 1 rings (SSSR count). The minimum absolute atomic E-state index is 0.153. The molecule has 0 atom stereocenters. The number of esters is 1. The molecule has 0 aliphatic carbocycles. The third-order valence-electron chi connectivity index (χ3n) is 2.34. The fourth-order valence-electron chi connectivity index (χ4n) is 1.47. The van der Waals surface area contributed by atoms with Crippen molar-refractivity contribution < 1.29 is 26.4 Å². The van der Waals surface area contributed by atoms with Crippen LogP contribution < -0.4 is 9.86 Å². The second kappa shape index (κ2) is 6.87. The van der Waals surface area contributed by atoms with E-state index in [9.17, 15) is 21.6 Å². The van der Waals surface area contributed by atoms with Crippen LogP contribution >= 0.6 is 0 Å². The maximum Gasteiger partial charge on any atom is 0.306 e. The van der Waals surface area contributed by atoms with E-state index in [0.717, 1.165) is 0 Å². The number of carbonyl (C=O) groups excluding carboxylic acids is 1. The number of hydrogen-bond acceptors (Lipinski definition) is 6. The van der Waals surface area contributed by atoms with Gasteiger partial charge in [-0.05, 0) is 19.1 Å². The molecule has 0 radical (unpaired) electrons. The predicted octanol–water partition coefficient (Wildman–Crippen LogP) is 0.0289. The van der Waals surface area contributed by atoms with Crippen molar-refractivity contribution in [2.45, 2.75) is 18.2 Å². The molecule has 0 aliphatic rings. The number of hydrogen-bond donors (Lipinski definition) is 2. The summed E-state index contributed by atoms with van der Waals surface area (Å²) in [4.78, 5) is 10.8. The van der Waals surface area contributed by atoms with Crippen molar-refractivity contribution in [2.75, 3.05) is 17.1 Å². The molecule has 0 amide bonds. The number of rotatable bonds is 7. The van der Waals surface area contributed by atoms with Gasteiger partial charge in [0.15, 0.2) is 0 Å². The van der Waals surface area contributed by atoms with Gasteiger partial charge in [-0.15, -0.1) is 0 Å². The molecule has 0 aliphatic heterocycles. The number of ether oxygens (including phenoxy) is 1. The van der Waals surface area contributed by atoms with Crippen molar-refractivity contribution in [3.8, 4) is 0 Å². The second-order valence-corrected chi connectivity index (χ2v) is 7.39. The standard InChI is InChI=1S/C11H16N2O6S2/c1-2-19-11(14)7-8-20(15,16)13-9-5-3-4-6-10(9)21(12,17)18/h3-6,13H,2,7-8H2,1H3,(H2,12,17,18). The first kappa shape index (κ1) is 17.4. The first-order valence-corrected chi connectivity index (χ1v) is 9.13. The molecule has 0 bridgehead atoms. The SMILES string of the molecule is CCOC(=O)CCS(=O)(=O)Nc1ccccc1S(N)(=O)=O. The lowest BCUT2D eigenvalue weighted by molar-refractivity contribution is -0.142. The number of primary sulfonamides is 1. The number of nitrogens with two attached hydrogens (primary N) is 1. The molecule has 1 aromatic carbocycles. The first-order chi connectivity index (χ1) is 9.65. The Balaban J connectivity index is 2.88. The van der Waals surface area contributed by atoms with Gasteiger partial charge in [0.1, 0.15) is 4.90 Å². The van der Waals surface area contributed by atoms with Crippen LogP contribution in [0.2, 0.25) is 0 Å². The summed E-state index contributed by atoms with van der Waals surface area (Å²) in [6.07, 6.45) is -0.333. The van der Waals surface area contributed by atoms with Crippen LogP contribution in [-0.4, -0.2) is 35.2 Å². The molecule has 0 saturated heterocycles. The summed E-state index contributed by atoms with van der Waals surface area (Å²) in [6, 6.07) is 5.31. The zero-order valence-electron chi connectivity index (χ0n) is 11.3. The zero-order valence-corrected chi connectivity index (χ0v) is 12.9. The Morgan fingerprint density at radius 3 is 2.43 bits per heavy atom. The van der Waals surface area contributed by atoms with Crippen molar-refractivity contribution in [1.82, 2.24) is 0 Å². The van der Waals surface area contributed by atoms with Crippen molar-refractivity contribution >= 4 is 31.7 Å². The lowest BCUT2D eigenvalue weighted by Crippen LogP contribution is -2.22. The fraction of sp³-hybridized carbons (Fsp3) is 0.364. The predicted molar refractivity (Wildman–Crippen MR) is 76.5 cm³/mol. The fourth-order valence-corrected chi connectivity index (χ4v) is 3.28. The van der Waals surface area contributed by atoms with E-state index in [1.165, 1.54) is 24.3 Å². The van der Waals surface area contributed by atoms with Gasteiger partial charge in [0.05, 0.1) is 24.5 Å². The van der Waals surface area contributed by atoms with Gasteiger partial charge in [0, 0.05) is 0 Å². The molecule has 8 nitrogen and oxygen atoms in total. The first-order valence-electron chi connectivity index (χ1n) is 5.93. The van der Waals surface area contributed by atoms with E-state index >= 15 is 0 Å². The molecule has 0 saturated carbocycles. The summed E-state index contributed by atoms with van der Waals surface area (Å²) < 4.78 is 53.1. The molecule has 10 heteroatoms. The van der Waals surface area contributed by atoms with Crippen LogP contribution in [-0.2, 0) is 29.6 Å². The van der Waals surface area contributed by atoms with Crippen LogP contribution in [0.3, 0.4) is 0 Å². The van der Waals surface area contributed by atoms with Crippen molar-refractivity contribution in [1.29, 1.82) is 0 Å². The van der Waals surface area contributed by atoms with Gasteiger partial charge in [0.2, 0.25) is 20.0 Å². The summed E-state index contributed by atoms with van der Waals surface area (Å²) in [5.74, 6) is -1.17. The van der Waals surface area contributed by atoms with Gasteiger partial charge in [-0.3, -0.25) is 9.52 Å². The molecule has 1 aromatic rings. The molecular formula is C11H16N2O6S2. The molecule has 3 N–H and O–H groups in total. The number of benzene rings is 1. The van der Waals surface area contributed by atoms with Gasteiger partial charge in [-0.25, -0.2) is 22.0 Å². The molecule has 0 aromatic heterocycles. The molecular weight excluding hydrogens is 320 g/mol. The van der Waals surface area contributed by atoms with Crippen LogP contribution in [0.25, 0.3) is 0 Å². The number of carbonyl (C=O) groups is 1. The highest BCUT2D eigenvalue weighted by Crippen LogP contribution is 2.20. The van der Waals surface area contributed by atoms with Gasteiger partial charge < -0.3 is 4.74 Å². The molecule has 21 heavy (non-hydrogen) atoms. The zero-order chi connectivity index (χ0) is 16.1. The Hall–Kier alpha value is -1.65. The Kier molecular flexibility index (Phi) is 5.70. The van der Waals surface area contributed by atoms with E-state index in [1.54, 1.807) is 6.92 Å². The lowest BCUT2D eigenvalue weighted by atomic mass is 10.3. The molecule has 118 valence electrons. The summed E-state index contributed by atoms with van der Waals surface area (Å²) in [5.41, 5.74) is -0.163. The third kappa shape index (κ3) is 5.69. The van der Waals surface area contributed by atoms with Crippen LogP contribution in [0.1, 0.15) is 13.3 Å². The summed E-state index contributed by atoms with van der Waals surface area (Å²) in [7, 11) is -7.97. The van der Waals surface area contributed by atoms with Crippen LogP contribution in [0.5, 0.6) is 0 Å². The average molecular weight is 336 g/mol. The topological polar surface area (TPSA) is 133 Å². The van der Waals surface area contributed by atoms with Crippen molar-refractivity contribution in [3.05, 3.63) is 24.3 Å². The monoisotopic (exact) mass is 336 g/mol. The average Bonchev–Trinajstić information content (AvgIpc) is 2.36. The van der Waals surface area contributed by atoms with E-state index in [1.807, 2.05) is 0 Å². The normalized spacial score (nSPS) is 11.9. The van der Waals surface area contributed by atoms with E-state index in [2.05, 4.69) is 9.46 Å². The maximum atomic E-state index is 11.8. The Morgan fingerprint density at radius 1 is 1.24 bits per heavy atom. The highest BCUT2D eigenvalue weighted by atomic mass is 32.2. The molecule has 0 heterocycles.